The molecule has 0 radical (unpaired) electrons. The highest BCUT2D eigenvalue weighted by Crippen LogP contribution is 2.40. The van der Waals surface area contributed by atoms with Gasteiger partial charge in [-0.3, -0.25) is 14.9 Å². The van der Waals surface area contributed by atoms with E-state index >= 15 is 0 Å². The van der Waals surface area contributed by atoms with Crippen molar-refractivity contribution in [2.45, 2.75) is 5.88 Å². The lowest BCUT2D eigenvalue weighted by Crippen LogP contribution is -2.14. The number of halogens is 1. The summed E-state index contributed by atoms with van der Waals surface area (Å²) in [7, 11) is 0. The number of rotatable bonds is 6. The Kier molecular flexibility index (Phi) is 5.60. The number of thiazole rings is 1. The maximum atomic E-state index is 12.8. The molecule has 0 aliphatic heterocycles. The summed E-state index contributed by atoms with van der Waals surface area (Å²) < 4.78 is 5.46. The van der Waals surface area contributed by atoms with E-state index in [2.05, 4.69) is 15.5 Å². The van der Waals surface area contributed by atoms with Gasteiger partial charge in [0.2, 0.25) is 11.8 Å². The molecule has 0 fully saturated rings. The number of nitrogens with one attached hydrogen (secondary N) is 1. The van der Waals surface area contributed by atoms with Gasteiger partial charge in [0.25, 0.3) is 5.91 Å². The van der Waals surface area contributed by atoms with Gasteiger partial charge in [-0.2, -0.15) is 0 Å². The molecule has 0 atom stereocenters. The van der Waals surface area contributed by atoms with E-state index in [0.29, 0.717) is 33.3 Å². The number of amides is 2. The first-order valence-corrected chi connectivity index (χ1v) is 10.2. The molecule has 2 heterocycles. The molecule has 0 bridgehead atoms. The molecule has 9 heteroatoms. The van der Waals surface area contributed by atoms with Crippen LogP contribution in [0.4, 0.5) is 5.88 Å². The fourth-order valence-electron chi connectivity index (χ4n) is 2.95. The molecule has 3 N–H and O–H groups in total. The normalized spacial score (nSPS) is 10.7. The molecule has 2 aromatic heterocycles. The van der Waals surface area contributed by atoms with Crippen molar-refractivity contribution in [3.05, 3.63) is 76.8 Å². The summed E-state index contributed by atoms with van der Waals surface area (Å²) in [5.74, 6) is -0.545. The Bertz CT molecular complexity index is 1200. The number of carbonyl (C=O) groups is 2. The third-order valence-electron chi connectivity index (χ3n) is 4.39. The van der Waals surface area contributed by atoms with E-state index in [1.165, 1.54) is 11.3 Å². The van der Waals surface area contributed by atoms with Gasteiger partial charge in [0.05, 0.1) is 5.56 Å². The summed E-state index contributed by atoms with van der Waals surface area (Å²) in [5.41, 5.74) is 8.49. The van der Waals surface area contributed by atoms with Gasteiger partial charge in [-0.1, -0.05) is 35.5 Å². The number of carbonyl (C=O) groups excluding carboxylic acids is 2. The van der Waals surface area contributed by atoms with E-state index in [-0.39, 0.29) is 11.4 Å². The van der Waals surface area contributed by atoms with Crippen LogP contribution in [0.25, 0.3) is 21.8 Å². The molecule has 0 aliphatic carbocycles. The lowest BCUT2D eigenvalue weighted by molar-refractivity contribution is 0.0998. The van der Waals surface area contributed by atoms with Crippen LogP contribution in [0.5, 0.6) is 0 Å². The predicted octanol–water partition coefficient (Wildman–Crippen LogP) is 4.56. The average molecular weight is 439 g/mol. The lowest BCUT2D eigenvalue weighted by Gasteiger charge is -2.09. The van der Waals surface area contributed by atoms with Gasteiger partial charge >= 0.3 is 0 Å². The molecule has 2 aromatic carbocycles. The van der Waals surface area contributed by atoms with Crippen LogP contribution in [0.2, 0.25) is 0 Å². The quantitative estimate of drug-likeness (QED) is 0.429. The van der Waals surface area contributed by atoms with E-state index in [1.54, 1.807) is 60.1 Å². The van der Waals surface area contributed by atoms with Crippen molar-refractivity contribution < 1.29 is 14.1 Å². The number of benzene rings is 2. The first kappa shape index (κ1) is 19.8. The maximum absolute atomic E-state index is 12.8. The average Bonchev–Trinajstić information content (AvgIpc) is 3.43. The SMILES string of the molecule is NC(=O)c1ccccc1-c1c(-c2nccs2)noc1NC(=O)c1ccc(CCl)cc1. The smallest absolute Gasteiger partial charge is 0.258 e. The van der Waals surface area contributed by atoms with Crippen LogP contribution >= 0.6 is 22.9 Å². The zero-order chi connectivity index (χ0) is 21.1. The monoisotopic (exact) mass is 438 g/mol. The predicted molar refractivity (Wildman–Crippen MR) is 116 cm³/mol. The first-order chi connectivity index (χ1) is 14.6. The topological polar surface area (TPSA) is 111 Å². The lowest BCUT2D eigenvalue weighted by atomic mass is 9.99. The molecular weight excluding hydrogens is 424 g/mol. The number of alkyl halides is 1. The van der Waals surface area contributed by atoms with Crippen molar-refractivity contribution in [2.75, 3.05) is 5.32 Å². The summed E-state index contributed by atoms with van der Waals surface area (Å²) >= 11 is 7.16. The Labute approximate surface area is 180 Å². The zero-order valence-electron chi connectivity index (χ0n) is 15.5. The van der Waals surface area contributed by atoms with Gasteiger partial charge < -0.3 is 10.3 Å². The number of aromatic nitrogens is 2. The highest BCUT2D eigenvalue weighted by molar-refractivity contribution is 7.13. The Balaban J connectivity index is 1.79. The fourth-order valence-corrected chi connectivity index (χ4v) is 3.75. The molecule has 2 amide bonds. The van der Waals surface area contributed by atoms with Crippen molar-refractivity contribution in [1.29, 1.82) is 0 Å². The second-order valence-electron chi connectivity index (χ2n) is 6.27. The largest absolute Gasteiger partial charge is 0.366 e. The van der Waals surface area contributed by atoms with Crippen molar-refractivity contribution in [1.82, 2.24) is 10.1 Å². The Morgan fingerprint density at radius 1 is 1.13 bits per heavy atom. The number of hydrogen-bond donors (Lipinski definition) is 2. The standard InChI is InChI=1S/C21H15ClN4O3S/c22-11-12-5-7-13(8-6-12)19(28)25-20-16(14-3-1-2-4-15(14)18(23)27)17(26-29-20)21-24-9-10-30-21/h1-10H,11H2,(H2,23,27)(H,25,28). The molecule has 0 saturated heterocycles. The number of anilines is 1. The highest BCUT2D eigenvalue weighted by Gasteiger charge is 2.25. The van der Waals surface area contributed by atoms with Gasteiger partial charge in [-0.15, -0.1) is 22.9 Å². The fraction of sp³-hybridized carbons (Fsp3) is 0.0476. The van der Waals surface area contributed by atoms with E-state index in [4.69, 9.17) is 21.9 Å². The number of primary amides is 1. The van der Waals surface area contributed by atoms with Crippen LogP contribution in [0, 0.1) is 0 Å². The van der Waals surface area contributed by atoms with Crippen LogP contribution in [0.15, 0.2) is 64.6 Å². The molecule has 0 aliphatic rings. The van der Waals surface area contributed by atoms with Crippen LogP contribution in [0.1, 0.15) is 26.3 Å². The molecule has 150 valence electrons. The summed E-state index contributed by atoms with van der Waals surface area (Å²) in [5, 5.41) is 9.21. The molecule has 4 rings (SSSR count). The first-order valence-electron chi connectivity index (χ1n) is 8.83. The van der Waals surface area contributed by atoms with Gasteiger partial charge in [-0.05, 0) is 23.8 Å². The highest BCUT2D eigenvalue weighted by atomic mass is 35.5. The third-order valence-corrected chi connectivity index (χ3v) is 5.47. The summed E-state index contributed by atoms with van der Waals surface area (Å²) in [4.78, 5) is 29.0. The van der Waals surface area contributed by atoms with E-state index in [0.717, 1.165) is 5.56 Å². The molecule has 0 saturated carbocycles. The van der Waals surface area contributed by atoms with Crippen LogP contribution < -0.4 is 11.1 Å². The van der Waals surface area contributed by atoms with E-state index in [9.17, 15) is 9.59 Å². The zero-order valence-corrected chi connectivity index (χ0v) is 17.0. The number of nitrogens with two attached hydrogens (primary N) is 1. The van der Waals surface area contributed by atoms with Crippen LogP contribution in [-0.2, 0) is 5.88 Å². The third kappa shape index (κ3) is 3.83. The Morgan fingerprint density at radius 3 is 2.57 bits per heavy atom. The Morgan fingerprint density at radius 2 is 1.90 bits per heavy atom. The molecule has 4 aromatic rings. The minimum absolute atomic E-state index is 0.0975. The minimum Gasteiger partial charge on any atom is -0.366 e. The summed E-state index contributed by atoms with van der Waals surface area (Å²) in [6.07, 6.45) is 1.63. The van der Waals surface area contributed by atoms with Gasteiger partial charge in [-0.25, -0.2) is 4.98 Å². The van der Waals surface area contributed by atoms with E-state index in [1.807, 2.05) is 0 Å². The Hall–Kier alpha value is -3.49. The minimum atomic E-state index is -0.606. The van der Waals surface area contributed by atoms with E-state index < -0.39 is 11.8 Å². The number of nitrogens with zero attached hydrogens (tertiary/aromatic N) is 2. The van der Waals surface area contributed by atoms with Gasteiger partial charge in [0, 0.05) is 34.1 Å². The second kappa shape index (κ2) is 8.48. The molecule has 0 spiro atoms. The summed E-state index contributed by atoms with van der Waals surface area (Å²) in [6.45, 7) is 0. The maximum Gasteiger partial charge on any atom is 0.258 e. The number of hydrogen-bond acceptors (Lipinski definition) is 6. The molecular formula is C21H15ClN4O3S. The van der Waals surface area contributed by atoms with Crippen LogP contribution in [-0.4, -0.2) is 22.0 Å². The van der Waals surface area contributed by atoms with Crippen molar-refractivity contribution in [2.24, 2.45) is 5.73 Å². The second-order valence-corrected chi connectivity index (χ2v) is 7.43. The van der Waals surface area contributed by atoms with Crippen molar-refractivity contribution in [3.8, 4) is 21.8 Å². The van der Waals surface area contributed by atoms with Crippen molar-refractivity contribution >= 4 is 40.6 Å². The molecule has 7 nitrogen and oxygen atoms in total. The van der Waals surface area contributed by atoms with Gasteiger partial charge in [0.1, 0.15) is 5.01 Å². The molecule has 0 unspecified atom stereocenters. The van der Waals surface area contributed by atoms with Crippen molar-refractivity contribution in [3.63, 3.8) is 0 Å². The summed E-state index contributed by atoms with van der Waals surface area (Å²) in [6, 6.07) is 13.7. The van der Waals surface area contributed by atoms with Crippen LogP contribution in [0.3, 0.4) is 0 Å². The molecule has 30 heavy (non-hydrogen) atoms. The van der Waals surface area contributed by atoms with Gasteiger partial charge in [0.15, 0.2) is 5.69 Å².